The van der Waals surface area contributed by atoms with Crippen molar-refractivity contribution in [3.8, 4) is 5.75 Å². The van der Waals surface area contributed by atoms with Gasteiger partial charge in [0, 0.05) is 12.7 Å². The third-order valence-corrected chi connectivity index (χ3v) is 4.29. The van der Waals surface area contributed by atoms with Crippen molar-refractivity contribution in [2.75, 3.05) is 13.7 Å². The highest BCUT2D eigenvalue weighted by Crippen LogP contribution is 2.30. The molecule has 1 aromatic carbocycles. The van der Waals surface area contributed by atoms with Crippen molar-refractivity contribution in [1.29, 1.82) is 0 Å². The third-order valence-electron chi connectivity index (χ3n) is 4.29. The summed E-state index contributed by atoms with van der Waals surface area (Å²) in [6.45, 7) is 2.72. The van der Waals surface area contributed by atoms with Gasteiger partial charge in [0.25, 0.3) is 0 Å². The lowest BCUT2D eigenvalue weighted by molar-refractivity contribution is 0.244. The van der Waals surface area contributed by atoms with Gasteiger partial charge in [0.2, 0.25) is 0 Å². The minimum absolute atomic E-state index is 0.133. The van der Waals surface area contributed by atoms with E-state index < -0.39 is 0 Å². The molecule has 120 valence electrons. The fourth-order valence-electron chi connectivity index (χ4n) is 2.84. The summed E-state index contributed by atoms with van der Waals surface area (Å²) in [6.07, 6.45) is 7.79. The Hall–Kier alpha value is -1.97. The quantitative estimate of drug-likeness (QED) is 0.843. The van der Waals surface area contributed by atoms with Gasteiger partial charge >= 0.3 is 6.03 Å². The molecule has 1 aliphatic rings. The minimum atomic E-state index is -0.133. The van der Waals surface area contributed by atoms with Crippen LogP contribution in [-0.2, 0) is 6.42 Å². The Morgan fingerprint density at radius 2 is 1.95 bits per heavy atom. The molecule has 0 aromatic heterocycles. The maximum absolute atomic E-state index is 11.8. The zero-order valence-corrected chi connectivity index (χ0v) is 13.5. The first-order valence-electron chi connectivity index (χ1n) is 8.03. The van der Waals surface area contributed by atoms with Crippen molar-refractivity contribution < 1.29 is 9.53 Å². The Morgan fingerprint density at radius 3 is 2.59 bits per heavy atom. The maximum Gasteiger partial charge on any atom is 0.318 e. The fourth-order valence-corrected chi connectivity index (χ4v) is 2.84. The van der Waals surface area contributed by atoms with Crippen molar-refractivity contribution in [2.24, 2.45) is 5.92 Å². The van der Waals surface area contributed by atoms with Gasteiger partial charge in [0.1, 0.15) is 5.75 Å². The number of urea groups is 1. The highest BCUT2D eigenvalue weighted by Gasteiger charge is 2.16. The number of allylic oxidation sites excluding steroid dienone is 1. The number of rotatable bonds is 6. The molecule has 2 amide bonds. The minimum Gasteiger partial charge on any atom is -0.497 e. The van der Waals surface area contributed by atoms with E-state index in [2.05, 4.69) is 17.6 Å². The molecule has 4 nitrogen and oxygen atoms in total. The molecular formula is C18H26N2O2. The van der Waals surface area contributed by atoms with E-state index in [0.717, 1.165) is 12.2 Å². The van der Waals surface area contributed by atoms with Crippen LogP contribution in [0.15, 0.2) is 36.0 Å². The molecule has 1 aliphatic carbocycles. The number of methoxy groups -OCH3 is 1. The van der Waals surface area contributed by atoms with E-state index in [1.165, 1.54) is 36.8 Å². The lowest BCUT2D eigenvalue weighted by Gasteiger charge is -2.10. The number of carbonyl (C=O) groups excluding carboxylic acids is 1. The van der Waals surface area contributed by atoms with Crippen molar-refractivity contribution in [2.45, 2.75) is 39.0 Å². The van der Waals surface area contributed by atoms with Gasteiger partial charge in [-0.1, -0.05) is 30.5 Å². The maximum atomic E-state index is 11.8. The summed E-state index contributed by atoms with van der Waals surface area (Å²) < 4.78 is 5.12. The molecule has 0 bridgehead atoms. The summed E-state index contributed by atoms with van der Waals surface area (Å²) in [5.74, 6) is 1.50. The summed E-state index contributed by atoms with van der Waals surface area (Å²) in [5, 5.41) is 5.71. The molecule has 0 radical (unpaired) electrons. The number of hydrogen-bond donors (Lipinski definition) is 2. The predicted molar refractivity (Wildman–Crippen MR) is 88.9 cm³/mol. The molecule has 1 aromatic rings. The second-order valence-electron chi connectivity index (χ2n) is 5.87. The summed E-state index contributed by atoms with van der Waals surface area (Å²) in [7, 11) is 1.65. The molecule has 0 spiro atoms. The Morgan fingerprint density at radius 1 is 1.27 bits per heavy atom. The standard InChI is InChI=1S/C18H26N2O2/c1-14(16-5-3-4-6-16)13-20-18(21)19-12-11-15-7-9-17(22-2)10-8-15/h7-10,13,16H,3-6,11-12H2,1-2H3,(H2,19,20,21)/b14-13+. The number of benzene rings is 1. The average Bonchev–Trinajstić information content (AvgIpc) is 3.08. The van der Waals surface area contributed by atoms with Gasteiger partial charge in [0.15, 0.2) is 0 Å². The van der Waals surface area contributed by atoms with Crippen molar-refractivity contribution in [1.82, 2.24) is 10.6 Å². The fraction of sp³-hybridized carbons (Fsp3) is 0.500. The van der Waals surface area contributed by atoms with Crippen LogP contribution >= 0.6 is 0 Å². The second kappa shape index (κ2) is 8.47. The topological polar surface area (TPSA) is 50.4 Å². The van der Waals surface area contributed by atoms with Gasteiger partial charge in [-0.3, -0.25) is 0 Å². The van der Waals surface area contributed by atoms with Crippen LogP contribution < -0.4 is 15.4 Å². The summed E-state index contributed by atoms with van der Waals surface area (Å²) in [5.41, 5.74) is 2.46. The van der Waals surface area contributed by atoms with Crippen LogP contribution in [0.25, 0.3) is 0 Å². The predicted octanol–water partition coefficient (Wildman–Crippen LogP) is 3.63. The lowest BCUT2D eigenvalue weighted by atomic mass is 10.0. The van der Waals surface area contributed by atoms with Crippen LogP contribution in [0.2, 0.25) is 0 Å². The smallest absolute Gasteiger partial charge is 0.318 e. The van der Waals surface area contributed by atoms with Gasteiger partial charge in [-0.2, -0.15) is 0 Å². The molecule has 1 fully saturated rings. The normalized spacial score (nSPS) is 15.6. The Labute approximate surface area is 132 Å². The highest BCUT2D eigenvalue weighted by molar-refractivity contribution is 5.74. The zero-order chi connectivity index (χ0) is 15.8. The van der Waals surface area contributed by atoms with Crippen LogP contribution in [0.5, 0.6) is 5.75 Å². The summed E-state index contributed by atoms with van der Waals surface area (Å²) in [6, 6.07) is 7.77. The van der Waals surface area contributed by atoms with E-state index in [-0.39, 0.29) is 6.03 Å². The van der Waals surface area contributed by atoms with Crippen LogP contribution in [0.4, 0.5) is 4.79 Å². The van der Waals surface area contributed by atoms with Gasteiger partial charge < -0.3 is 15.4 Å². The van der Waals surface area contributed by atoms with Gasteiger partial charge in [-0.05, 0) is 49.8 Å². The molecule has 22 heavy (non-hydrogen) atoms. The average molecular weight is 302 g/mol. The monoisotopic (exact) mass is 302 g/mol. The number of amides is 2. The van der Waals surface area contributed by atoms with Crippen LogP contribution in [0.3, 0.4) is 0 Å². The Kier molecular flexibility index (Phi) is 6.31. The molecular weight excluding hydrogens is 276 g/mol. The number of hydrogen-bond acceptors (Lipinski definition) is 2. The van der Waals surface area contributed by atoms with Crippen LogP contribution in [-0.4, -0.2) is 19.7 Å². The Balaban J connectivity index is 1.67. The molecule has 0 saturated heterocycles. The molecule has 1 saturated carbocycles. The van der Waals surface area contributed by atoms with Crippen molar-refractivity contribution >= 4 is 6.03 Å². The number of carbonyl (C=O) groups is 1. The van der Waals surface area contributed by atoms with Crippen LogP contribution in [0, 0.1) is 5.92 Å². The van der Waals surface area contributed by atoms with E-state index in [1.54, 1.807) is 7.11 Å². The molecule has 4 heteroatoms. The summed E-state index contributed by atoms with van der Waals surface area (Å²) in [4.78, 5) is 11.8. The molecule has 0 heterocycles. The first kappa shape index (κ1) is 16.4. The molecule has 2 rings (SSSR count). The first-order chi connectivity index (χ1) is 10.7. The largest absolute Gasteiger partial charge is 0.497 e. The van der Waals surface area contributed by atoms with E-state index in [0.29, 0.717) is 12.5 Å². The molecule has 0 atom stereocenters. The molecule has 2 N–H and O–H groups in total. The van der Waals surface area contributed by atoms with E-state index in [4.69, 9.17) is 4.74 Å². The van der Waals surface area contributed by atoms with Gasteiger partial charge in [-0.15, -0.1) is 0 Å². The zero-order valence-electron chi connectivity index (χ0n) is 13.5. The molecule has 0 aliphatic heterocycles. The van der Waals surface area contributed by atoms with Crippen molar-refractivity contribution in [3.63, 3.8) is 0 Å². The van der Waals surface area contributed by atoms with Crippen molar-refractivity contribution in [3.05, 3.63) is 41.6 Å². The lowest BCUT2D eigenvalue weighted by Crippen LogP contribution is -2.33. The van der Waals surface area contributed by atoms with Gasteiger partial charge in [0.05, 0.1) is 7.11 Å². The first-order valence-corrected chi connectivity index (χ1v) is 8.03. The Bertz CT molecular complexity index is 502. The second-order valence-corrected chi connectivity index (χ2v) is 5.87. The SMILES string of the molecule is COc1ccc(CCNC(=O)N/C=C(\C)C2CCCC2)cc1. The van der Waals surface area contributed by atoms with E-state index in [9.17, 15) is 4.79 Å². The number of nitrogens with one attached hydrogen (secondary N) is 2. The van der Waals surface area contributed by atoms with Gasteiger partial charge in [-0.25, -0.2) is 4.79 Å². The van der Waals surface area contributed by atoms with Crippen LogP contribution in [0.1, 0.15) is 38.2 Å². The highest BCUT2D eigenvalue weighted by atomic mass is 16.5. The number of ether oxygens (including phenoxy) is 1. The van der Waals surface area contributed by atoms with E-state index in [1.807, 2.05) is 30.5 Å². The summed E-state index contributed by atoms with van der Waals surface area (Å²) >= 11 is 0. The van der Waals surface area contributed by atoms with E-state index >= 15 is 0 Å². The molecule has 0 unspecified atom stereocenters. The third kappa shape index (κ3) is 5.10.